The van der Waals surface area contributed by atoms with Crippen LogP contribution in [-0.4, -0.2) is 134 Å². The standard InChI is InChI=1S/C16H18N2O5.C15H17NO7S.C14H14N4O4.CH4.N3.Na/c1-10(19)17-8-12-9-18(16(21)23-12)11-4-5-13-14(20)3-2-6-22-15(13)7-11;1-24(19,20)22-9-11-8-16(15(18)23-11)10-4-5-12-13(17)3-2-6-21-14(12)7-10;15-17-16-7-10-8-18(14(20)22-10)9-3-4-11-12(19)2-1-5-21-13(11)6-9;;1-3-2;/h4-5,7,12H,2-3,6,8-9H2,1H3,(H,17,19);4-5,7,11H,2-3,6,8-9H2,1H3;3-4,6,10H,1-2,5,7-8H2;1H4;;/q;;;;-1;+1/t12-;11-;10-;;;/m010.../s1. The van der Waals surface area contributed by atoms with E-state index in [1.807, 2.05) is 0 Å². The number of rotatable bonds is 10. The molecule has 9 rings (SSSR count). The van der Waals surface area contributed by atoms with Gasteiger partial charge in [-0.1, -0.05) is 12.5 Å². The summed E-state index contributed by atoms with van der Waals surface area (Å²) in [6, 6.07) is 15.0. The van der Waals surface area contributed by atoms with Gasteiger partial charge in [0.05, 0.1) is 92.6 Å². The Labute approximate surface area is 447 Å². The fraction of sp³-hybridized carbons (Fsp3) is 0.457. The minimum absolute atomic E-state index is 0. The number of azide groups is 1. The molecule has 6 aliphatic rings. The van der Waals surface area contributed by atoms with Crippen molar-refractivity contribution < 1.29 is 104 Å². The predicted octanol–water partition coefficient (Wildman–Crippen LogP) is 4.03. The zero-order valence-corrected chi connectivity index (χ0v) is 42.8. The SMILES string of the molecule is C.CC(=O)NC[C@H]1CN(c2ccc3c(c2)OCCCC3=O)C(=O)O1.CS(=O)(=O)OC[C@H]1CN(c2ccc3c(c2)OCCCC3=O)C(=O)O1.[N-]=[N+]=NC[C@H]1CN(c2ccc3c(c2)OCCCC3=O)C(=O)O1.[N-]=[N+]=[N-].[Na+]. The molecule has 0 aromatic heterocycles. The smallest absolute Gasteiger partial charge is 0.493 e. The molecule has 3 fully saturated rings. The number of cyclic esters (lactones) is 3. The van der Waals surface area contributed by atoms with E-state index in [2.05, 4.69) is 19.5 Å². The zero-order valence-electron chi connectivity index (χ0n) is 40.0. The molecule has 74 heavy (non-hydrogen) atoms. The normalized spacial score (nSPS) is 19.4. The van der Waals surface area contributed by atoms with E-state index in [1.54, 1.807) is 54.6 Å². The summed E-state index contributed by atoms with van der Waals surface area (Å²) in [6.45, 7) is 3.74. The van der Waals surface area contributed by atoms with Gasteiger partial charge in [0, 0.05) is 49.3 Å². The van der Waals surface area contributed by atoms with E-state index >= 15 is 0 Å². The second-order valence-corrected chi connectivity index (χ2v) is 18.1. The number of fused-ring (bicyclic) bond motifs is 3. The van der Waals surface area contributed by atoms with E-state index < -0.39 is 46.7 Å². The van der Waals surface area contributed by atoms with Crippen molar-refractivity contribution in [2.24, 2.45) is 5.11 Å². The van der Waals surface area contributed by atoms with Gasteiger partial charge in [0.1, 0.15) is 42.2 Å². The Morgan fingerprint density at radius 3 is 1.41 bits per heavy atom. The minimum atomic E-state index is -3.60. The molecule has 6 heterocycles. The van der Waals surface area contributed by atoms with Crippen LogP contribution in [0.3, 0.4) is 0 Å². The van der Waals surface area contributed by atoms with E-state index in [0.29, 0.717) is 122 Å². The number of ketones is 3. The molecule has 0 saturated carbocycles. The van der Waals surface area contributed by atoms with E-state index in [9.17, 15) is 42.0 Å². The molecule has 1 N–H and O–H groups in total. The van der Waals surface area contributed by atoms with Crippen LogP contribution in [0.4, 0.5) is 31.4 Å². The first-order chi connectivity index (χ1) is 34.5. The minimum Gasteiger partial charge on any atom is -0.493 e. The van der Waals surface area contributed by atoms with Crippen molar-refractivity contribution in [3.05, 3.63) is 97.7 Å². The third kappa shape index (κ3) is 16.2. The van der Waals surface area contributed by atoms with Crippen LogP contribution in [0.2, 0.25) is 0 Å². The largest absolute Gasteiger partial charge is 1.00 e. The molecule has 0 unspecified atom stereocenters. The van der Waals surface area contributed by atoms with Crippen molar-refractivity contribution in [3.8, 4) is 17.2 Å². The number of benzene rings is 3. The number of nitrogens with zero attached hydrogens (tertiary/aromatic N) is 9. The van der Waals surface area contributed by atoms with Gasteiger partial charge in [0.15, 0.2) is 17.3 Å². The van der Waals surface area contributed by atoms with Gasteiger partial charge in [0.2, 0.25) is 5.91 Å². The number of hydrogen-bond acceptors (Lipinski definition) is 17. The summed E-state index contributed by atoms with van der Waals surface area (Å²) in [5.41, 5.74) is 25.1. The number of nitrogens with one attached hydrogen (secondary N) is 1. The molecule has 3 atom stereocenters. The summed E-state index contributed by atoms with van der Waals surface area (Å²) in [7, 11) is -3.60. The molecule has 0 radical (unpaired) electrons. The van der Waals surface area contributed by atoms with E-state index in [-0.39, 0.29) is 86.5 Å². The molecule has 0 aliphatic carbocycles. The summed E-state index contributed by atoms with van der Waals surface area (Å²) < 4.78 is 58.9. The van der Waals surface area contributed by atoms with Gasteiger partial charge in [-0.15, -0.1) is 0 Å². The van der Waals surface area contributed by atoms with E-state index in [4.69, 9.17) is 45.0 Å². The maximum Gasteiger partial charge on any atom is 1.00 e. The van der Waals surface area contributed by atoms with Crippen LogP contribution in [0.1, 0.15) is 83.9 Å². The third-order valence-corrected chi connectivity index (χ3v) is 11.7. The van der Waals surface area contributed by atoms with Crippen molar-refractivity contribution in [3.63, 3.8) is 0 Å². The summed E-state index contributed by atoms with van der Waals surface area (Å²) >= 11 is 0. The van der Waals surface area contributed by atoms with Crippen molar-refractivity contribution >= 4 is 68.7 Å². The topological polar surface area (TPSA) is 347 Å². The Bertz CT molecular complexity index is 2790. The van der Waals surface area contributed by atoms with Crippen LogP contribution in [0, 0.1) is 0 Å². The molecule has 0 bridgehead atoms. The van der Waals surface area contributed by atoms with Crippen LogP contribution in [0.5, 0.6) is 17.2 Å². The average Bonchev–Trinajstić information content (AvgIpc) is 3.90. The number of hydrogen-bond donors (Lipinski definition) is 1. The van der Waals surface area contributed by atoms with Crippen LogP contribution >= 0.6 is 0 Å². The summed E-state index contributed by atoms with van der Waals surface area (Å²) in [4.78, 5) is 91.2. The Morgan fingerprint density at radius 1 is 0.662 bits per heavy atom. The molecule has 0 spiro atoms. The van der Waals surface area contributed by atoms with Crippen molar-refractivity contribution in [2.45, 2.75) is 71.2 Å². The number of carbonyl (C=O) groups excluding carboxylic acids is 7. The molecule has 6 aliphatic heterocycles. The molecule has 3 saturated heterocycles. The molecule has 3 aromatic rings. The zero-order chi connectivity index (χ0) is 52.0. The summed E-state index contributed by atoms with van der Waals surface area (Å²) in [5.74, 6) is 1.38. The quantitative estimate of drug-likeness (QED) is 0.0748. The van der Waals surface area contributed by atoms with Gasteiger partial charge in [-0.3, -0.25) is 43.0 Å². The monoisotopic (exact) mass is 1060 g/mol. The second kappa shape index (κ2) is 27.8. The molecular weight excluding hydrogens is 1000 g/mol. The van der Waals surface area contributed by atoms with Crippen molar-refractivity contribution in [2.75, 3.05) is 80.1 Å². The maximum absolute atomic E-state index is 12.0. The number of amides is 4. The average molecular weight is 1060 g/mol. The summed E-state index contributed by atoms with van der Waals surface area (Å²) in [6.07, 6.45) is 1.20. The van der Waals surface area contributed by atoms with Gasteiger partial charge in [-0.25, -0.2) is 14.4 Å². The Morgan fingerprint density at radius 2 is 1.03 bits per heavy atom. The van der Waals surface area contributed by atoms with E-state index in [1.165, 1.54) is 26.5 Å². The number of Topliss-reactive ketones (excluding diaryl/α,β-unsaturated/α-hetero) is 3. The molecule has 26 nitrogen and oxygen atoms in total. The second-order valence-electron chi connectivity index (χ2n) is 16.4. The predicted molar refractivity (Wildman–Crippen MR) is 260 cm³/mol. The van der Waals surface area contributed by atoms with Crippen LogP contribution in [0.15, 0.2) is 59.7 Å². The van der Waals surface area contributed by atoms with Gasteiger partial charge in [-0.05, 0) is 61.2 Å². The van der Waals surface area contributed by atoms with Crippen LogP contribution < -0.4 is 63.8 Å². The Hall–Kier alpha value is -7.12. The van der Waals surface area contributed by atoms with Crippen LogP contribution in [0.25, 0.3) is 26.4 Å². The molecular formula is C46H53N10NaO16S. The molecule has 3 aromatic carbocycles. The molecule has 390 valence electrons. The maximum atomic E-state index is 12.0. The van der Waals surface area contributed by atoms with Gasteiger partial charge in [-0.2, -0.15) is 8.42 Å². The molecule has 4 amide bonds. The fourth-order valence-corrected chi connectivity index (χ4v) is 8.20. The first-order valence-corrected chi connectivity index (χ1v) is 24.2. The van der Waals surface area contributed by atoms with Crippen LogP contribution in [-0.2, 0) is 33.3 Å². The molecule has 28 heteroatoms. The van der Waals surface area contributed by atoms with Crippen molar-refractivity contribution in [1.82, 2.24) is 5.32 Å². The van der Waals surface area contributed by atoms with Crippen molar-refractivity contribution in [1.29, 1.82) is 0 Å². The van der Waals surface area contributed by atoms with Gasteiger partial charge < -0.3 is 44.8 Å². The number of ether oxygens (including phenoxy) is 6. The van der Waals surface area contributed by atoms with E-state index in [0.717, 1.165) is 6.26 Å². The Balaban J connectivity index is 0.000000231. The van der Waals surface area contributed by atoms with Gasteiger partial charge >= 0.3 is 47.8 Å². The Kier molecular flexibility index (Phi) is 22.3. The number of anilines is 3. The first kappa shape index (κ1) is 59.4. The third-order valence-electron chi connectivity index (χ3n) is 11.2. The fourth-order valence-electron chi connectivity index (χ4n) is 7.80. The first-order valence-electron chi connectivity index (χ1n) is 22.4. The van der Waals surface area contributed by atoms with Gasteiger partial charge in [0.25, 0.3) is 10.1 Å². The summed E-state index contributed by atoms with van der Waals surface area (Å²) in [5, 5.41) is 6.05. The number of carbonyl (C=O) groups is 7.